The highest BCUT2D eigenvalue weighted by atomic mass is 16.5. The fourth-order valence-corrected chi connectivity index (χ4v) is 1.48. The molecule has 0 spiro atoms. The van der Waals surface area contributed by atoms with Gasteiger partial charge in [0.1, 0.15) is 5.75 Å². The van der Waals surface area contributed by atoms with E-state index in [1.165, 1.54) is 5.56 Å². The van der Waals surface area contributed by atoms with Crippen LogP contribution in [0.4, 0.5) is 5.69 Å². The minimum absolute atomic E-state index is 0.770. The molecule has 17 heavy (non-hydrogen) atoms. The summed E-state index contributed by atoms with van der Waals surface area (Å²) in [6, 6.07) is 8.14. The standard InChI is InChI=1S/C13H17N3O/c1-2-7-17-13-5-3-11(4-6-13)8-14-12-9-15-16-10-12/h3-6,9-10,14H,2,7-8H2,1H3,(H,15,16). The first-order valence-electron chi connectivity index (χ1n) is 5.83. The molecule has 2 rings (SSSR count). The van der Waals surface area contributed by atoms with Gasteiger partial charge in [0.05, 0.1) is 18.5 Å². The highest BCUT2D eigenvalue weighted by Gasteiger charge is 1.96. The second-order valence-corrected chi connectivity index (χ2v) is 3.83. The Morgan fingerprint density at radius 2 is 2.12 bits per heavy atom. The largest absolute Gasteiger partial charge is 0.494 e. The van der Waals surface area contributed by atoms with Crippen molar-refractivity contribution in [2.24, 2.45) is 0 Å². The summed E-state index contributed by atoms with van der Waals surface area (Å²) in [5.41, 5.74) is 2.21. The number of anilines is 1. The van der Waals surface area contributed by atoms with Crippen LogP contribution in [0.25, 0.3) is 0 Å². The summed E-state index contributed by atoms with van der Waals surface area (Å²) in [5.74, 6) is 0.930. The molecular formula is C13H17N3O. The van der Waals surface area contributed by atoms with Crippen molar-refractivity contribution in [1.29, 1.82) is 0 Å². The molecule has 0 saturated heterocycles. The monoisotopic (exact) mass is 231 g/mol. The molecule has 2 aromatic rings. The topological polar surface area (TPSA) is 49.9 Å². The Bertz CT molecular complexity index is 422. The smallest absolute Gasteiger partial charge is 0.119 e. The van der Waals surface area contributed by atoms with Gasteiger partial charge in [-0.2, -0.15) is 5.10 Å². The first-order chi connectivity index (χ1) is 8.38. The van der Waals surface area contributed by atoms with Crippen LogP contribution >= 0.6 is 0 Å². The summed E-state index contributed by atoms with van der Waals surface area (Å²) in [7, 11) is 0. The molecule has 90 valence electrons. The highest BCUT2D eigenvalue weighted by molar-refractivity contribution is 5.39. The van der Waals surface area contributed by atoms with Gasteiger partial charge in [-0.15, -0.1) is 0 Å². The molecule has 0 saturated carbocycles. The lowest BCUT2D eigenvalue weighted by Crippen LogP contribution is -1.99. The molecule has 4 nitrogen and oxygen atoms in total. The lowest BCUT2D eigenvalue weighted by molar-refractivity contribution is 0.317. The summed E-state index contributed by atoms with van der Waals surface area (Å²) < 4.78 is 5.53. The Morgan fingerprint density at radius 3 is 2.76 bits per heavy atom. The second-order valence-electron chi connectivity index (χ2n) is 3.83. The normalized spacial score (nSPS) is 10.2. The third kappa shape index (κ3) is 3.52. The van der Waals surface area contributed by atoms with Gasteiger partial charge < -0.3 is 10.1 Å². The number of nitrogens with zero attached hydrogens (tertiary/aromatic N) is 1. The minimum Gasteiger partial charge on any atom is -0.494 e. The zero-order valence-corrected chi connectivity index (χ0v) is 9.94. The van der Waals surface area contributed by atoms with Crippen LogP contribution in [-0.4, -0.2) is 16.8 Å². The van der Waals surface area contributed by atoms with Crippen LogP contribution in [0.5, 0.6) is 5.75 Å². The van der Waals surface area contributed by atoms with Crippen molar-refractivity contribution in [2.45, 2.75) is 19.9 Å². The molecule has 0 unspecified atom stereocenters. The predicted molar refractivity (Wildman–Crippen MR) is 68.1 cm³/mol. The number of hydrogen-bond donors (Lipinski definition) is 2. The molecule has 0 aliphatic carbocycles. The van der Waals surface area contributed by atoms with Crippen LogP contribution in [0.15, 0.2) is 36.7 Å². The maximum atomic E-state index is 5.53. The summed E-state index contributed by atoms with van der Waals surface area (Å²) in [5, 5.41) is 9.91. The fraction of sp³-hybridized carbons (Fsp3) is 0.308. The summed E-state index contributed by atoms with van der Waals surface area (Å²) in [6.07, 6.45) is 4.63. The van der Waals surface area contributed by atoms with Crippen molar-refractivity contribution < 1.29 is 4.74 Å². The van der Waals surface area contributed by atoms with Gasteiger partial charge in [-0.25, -0.2) is 0 Å². The lowest BCUT2D eigenvalue weighted by Gasteiger charge is -2.06. The molecule has 0 bridgehead atoms. The molecule has 1 heterocycles. The van der Waals surface area contributed by atoms with Crippen molar-refractivity contribution in [3.05, 3.63) is 42.2 Å². The van der Waals surface area contributed by atoms with Crippen LogP contribution in [0.3, 0.4) is 0 Å². The Morgan fingerprint density at radius 1 is 1.29 bits per heavy atom. The maximum Gasteiger partial charge on any atom is 0.119 e. The van der Waals surface area contributed by atoms with Crippen LogP contribution in [0, 0.1) is 0 Å². The summed E-state index contributed by atoms with van der Waals surface area (Å²) in [6.45, 7) is 3.66. The summed E-state index contributed by atoms with van der Waals surface area (Å²) in [4.78, 5) is 0. The van der Waals surface area contributed by atoms with Crippen molar-refractivity contribution in [3.8, 4) is 5.75 Å². The van der Waals surface area contributed by atoms with E-state index in [1.807, 2.05) is 18.3 Å². The Balaban J connectivity index is 1.85. The van der Waals surface area contributed by atoms with Gasteiger partial charge in [-0.3, -0.25) is 5.10 Å². The Labute approximate surface area is 101 Å². The number of aromatic amines is 1. The van der Waals surface area contributed by atoms with Crippen LogP contribution < -0.4 is 10.1 Å². The lowest BCUT2D eigenvalue weighted by atomic mass is 10.2. The SMILES string of the molecule is CCCOc1ccc(CNc2cn[nH]c2)cc1. The molecule has 4 heteroatoms. The van der Waals surface area contributed by atoms with E-state index in [0.29, 0.717) is 0 Å². The van der Waals surface area contributed by atoms with Crippen molar-refractivity contribution in [1.82, 2.24) is 10.2 Å². The van der Waals surface area contributed by atoms with Crippen LogP contribution in [-0.2, 0) is 6.54 Å². The number of H-pyrrole nitrogens is 1. The van der Waals surface area contributed by atoms with E-state index in [-0.39, 0.29) is 0 Å². The number of hydrogen-bond acceptors (Lipinski definition) is 3. The maximum absolute atomic E-state index is 5.53. The highest BCUT2D eigenvalue weighted by Crippen LogP contribution is 2.13. The first kappa shape index (κ1) is 11.5. The van der Waals surface area contributed by atoms with Gasteiger partial charge in [0.25, 0.3) is 0 Å². The molecule has 0 amide bonds. The quantitative estimate of drug-likeness (QED) is 0.803. The Kier molecular flexibility index (Phi) is 4.02. The van der Waals surface area contributed by atoms with Gasteiger partial charge in [-0.1, -0.05) is 19.1 Å². The minimum atomic E-state index is 0.770. The predicted octanol–water partition coefficient (Wildman–Crippen LogP) is 2.81. The van der Waals surface area contributed by atoms with E-state index in [4.69, 9.17) is 4.74 Å². The van der Waals surface area contributed by atoms with Crippen molar-refractivity contribution in [3.63, 3.8) is 0 Å². The third-order valence-electron chi connectivity index (χ3n) is 2.39. The van der Waals surface area contributed by atoms with Gasteiger partial charge in [0.2, 0.25) is 0 Å². The van der Waals surface area contributed by atoms with Crippen molar-refractivity contribution >= 4 is 5.69 Å². The van der Waals surface area contributed by atoms with E-state index < -0.39 is 0 Å². The molecule has 0 fully saturated rings. The van der Waals surface area contributed by atoms with Crippen LogP contribution in [0.1, 0.15) is 18.9 Å². The third-order valence-corrected chi connectivity index (χ3v) is 2.39. The molecule has 2 N–H and O–H groups in total. The number of nitrogens with one attached hydrogen (secondary N) is 2. The molecule has 1 aromatic heterocycles. The fourth-order valence-electron chi connectivity index (χ4n) is 1.48. The molecule has 0 aliphatic rings. The van der Waals surface area contributed by atoms with E-state index in [9.17, 15) is 0 Å². The van der Waals surface area contributed by atoms with E-state index in [2.05, 4.69) is 34.6 Å². The Hall–Kier alpha value is -1.97. The second kappa shape index (κ2) is 5.94. The number of rotatable bonds is 6. The average Bonchev–Trinajstić information content (AvgIpc) is 2.88. The van der Waals surface area contributed by atoms with Crippen LogP contribution in [0.2, 0.25) is 0 Å². The van der Waals surface area contributed by atoms with Gasteiger partial charge in [0, 0.05) is 12.7 Å². The molecule has 0 aliphatic heterocycles. The van der Waals surface area contributed by atoms with Gasteiger partial charge >= 0.3 is 0 Å². The zero-order valence-electron chi connectivity index (χ0n) is 9.94. The molecule has 0 atom stereocenters. The zero-order chi connectivity index (χ0) is 11.9. The molecular weight excluding hydrogens is 214 g/mol. The number of aromatic nitrogens is 2. The van der Waals surface area contributed by atoms with E-state index >= 15 is 0 Å². The molecule has 1 aromatic carbocycles. The number of benzene rings is 1. The summed E-state index contributed by atoms with van der Waals surface area (Å²) >= 11 is 0. The average molecular weight is 231 g/mol. The van der Waals surface area contributed by atoms with Gasteiger partial charge in [-0.05, 0) is 24.1 Å². The first-order valence-corrected chi connectivity index (χ1v) is 5.83. The number of ether oxygens (including phenoxy) is 1. The van der Waals surface area contributed by atoms with E-state index in [1.54, 1.807) is 6.20 Å². The van der Waals surface area contributed by atoms with E-state index in [0.717, 1.165) is 31.0 Å². The van der Waals surface area contributed by atoms with Crippen molar-refractivity contribution in [2.75, 3.05) is 11.9 Å². The molecule has 0 radical (unpaired) electrons. The van der Waals surface area contributed by atoms with Gasteiger partial charge in [0.15, 0.2) is 0 Å².